The molecule has 1 N–H and O–H groups in total. The van der Waals surface area contributed by atoms with Gasteiger partial charge in [-0.15, -0.1) is 0 Å². The molecule has 2 aromatic rings. The lowest BCUT2D eigenvalue weighted by molar-refractivity contribution is 0.724. The first-order valence-corrected chi connectivity index (χ1v) is 6.08. The number of aromatic nitrogens is 2. The van der Waals surface area contributed by atoms with Gasteiger partial charge >= 0.3 is 0 Å². The third-order valence-corrected chi connectivity index (χ3v) is 3.15. The summed E-state index contributed by atoms with van der Waals surface area (Å²) in [5.74, 6) is 0. The van der Waals surface area contributed by atoms with Crippen molar-refractivity contribution in [3.05, 3.63) is 47.0 Å². The lowest BCUT2D eigenvalue weighted by Crippen LogP contribution is -2.06. The molecule has 0 bridgehead atoms. The largest absolute Gasteiger partial charge is 0.378 e. The van der Waals surface area contributed by atoms with Crippen LogP contribution in [0, 0.1) is 6.92 Å². The average molecular weight is 250 g/mol. The van der Waals surface area contributed by atoms with Gasteiger partial charge in [0.2, 0.25) is 0 Å². The molecule has 0 fully saturated rings. The van der Waals surface area contributed by atoms with Crippen LogP contribution >= 0.6 is 11.6 Å². The zero-order valence-electron chi connectivity index (χ0n) is 10.1. The Morgan fingerprint density at radius 2 is 2.29 bits per heavy atom. The number of hydrogen-bond acceptors (Lipinski definition) is 2. The molecule has 90 valence electrons. The summed E-state index contributed by atoms with van der Waals surface area (Å²) in [6.07, 6.45) is 3.84. The Hall–Kier alpha value is -1.48. The predicted octanol–water partition coefficient (Wildman–Crippen LogP) is 3.48. The Bertz CT molecular complexity index is 505. The first kappa shape index (κ1) is 12.0. The summed E-state index contributed by atoms with van der Waals surface area (Å²) in [4.78, 5) is 4.12. The number of hydrogen-bond donors (Lipinski definition) is 1. The van der Waals surface area contributed by atoms with Gasteiger partial charge in [0.15, 0.2) is 0 Å². The van der Waals surface area contributed by atoms with Gasteiger partial charge in [0, 0.05) is 18.4 Å². The van der Waals surface area contributed by atoms with Crippen molar-refractivity contribution < 1.29 is 0 Å². The molecular formula is C13H16ClN3. The minimum absolute atomic E-state index is 0.562. The van der Waals surface area contributed by atoms with Gasteiger partial charge in [-0.3, -0.25) is 0 Å². The summed E-state index contributed by atoms with van der Waals surface area (Å²) in [5, 5.41) is 3.91. The molecule has 0 radical (unpaired) electrons. The summed E-state index contributed by atoms with van der Waals surface area (Å²) < 4.78 is 2.21. The molecule has 2 aromatic heterocycles. The van der Waals surface area contributed by atoms with E-state index in [1.54, 1.807) is 6.20 Å². The monoisotopic (exact) mass is 249 g/mol. The summed E-state index contributed by atoms with van der Waals surface area (Å²) >= 11 is 5.89. The Morgan fingerprint density at radius 1 is 1.47 bits per heavy atom. The highest BCUT2D eigenvalue weighted by Crippen LogP contribution is 2.16. The highest BCUT2D eigenvalue weighted by molar-refractivity contribution is 6.30. The molecule has 0 aliphatic heterocycles. The maximum absolute atomic E-state index is 5.89. The van der Waals surface area contributed by atoms with Crippen molar-refractivity contribution in [2.24, 2.45) is 0 Å². The molecular weight excluding hydrogens is 234 g/mol. The van der Waals surface area contributed by atoms with Crippen molar-refractivity contribution >= 4 is 17.3 Å². The third kappa shape index (κ3) is 2.80. The van der Waals surface area contributed by atoms with Gasteiger partial charge in [0.1, 0.15) is 5.15 Å². The van der Waals surface area contributed by atoms with E-state index < -0.39 is 0 Å². The van der Waals surface area contributed by atoms with Crippen LogP contribution in [0.5, 0.6) is 0 Å². The van der Waals surface area contributed by atoms with E-state index in [2.05, 4.69) is 40.1 Å². The number of nitrogens with one attached hydrogen (secondary N) is 1. The second-order valence-electron chi connectivity index (χ2n) is 3.97. The number of halogens is 1. The molecule has 0 unspecified atom stereocenters. The van der Waals surface area contributed by atoms with E-state index in [0.717, 1.165) is 24.3 Å². The standard InChI is InChI=1S/C13H16ClN3/c1-3-17-6-4-5-12(17)9-15-11-7-10(2)13(14)16-8-11/h4-8,15H,3,9H2,1-2H3. The van der Waals surface area contributed by atoms with E-state index in [0.29, 0.717) is 5.15 Å². The number of aryl methyl sites for hydroxylation is 2. The minimum atomic E-state index is 0.562. The molecule has 3 nitrogen and oxygen atoms in total. The second-order valence-corrected chi connectivity index (χ2v) is 4.33. The van der Waals surface area contributed by atoms with Gasteiger partial charge in [-0.2, -0.15) is 0 Å². The van der Waals surface area contributed by atoms with Gasteiger partial charge < -0.3 is 9.88 Å². The summed E-state index contributed by atoms with van der Waals surface area (Å²) in [7, 11) is 0. The maximum atomic E-state index is 5.89. The number of nitrogens with zero attached hydrogens (tertiary/aromatic N) is 2. The van der Waals surface area contributed by atoms with Crippen LogP contribution in [0.3, 0.4) is 0 Å². The van der Waals surface area contributed by atoms with Crippen LogP contribution in [0.4, 0.5) is 5.69 Å². The molecule has 0 saturated heterocycles. The fraction of sp³-hybridized carbons (Fsp3) is 0.308. The molecule has 0 spiro atoms. The first-order valence-electron chi connectivity index (χ1n) is 5.70. The lowest BCUT2D eigenvalue weighted by atomic mass is 10.3. The van der Waals surface area contributed by atoms with Crippen LogP contribution in [-0.2, 0) is 13.1 Å². The molecule has 0 aromatic carbocycles. The summed E-state index contributed by atoms with van der Waals surface area (Å²) in [6.45, 7) is 5.87. The van der Waals surface area contributed by atoms with Crippen molar-refractivity contribution in [3.8, 4) is 0 Å². The van der Waals surface area contributed by atoms with Crippen LogP contribution in [0.2, 0.25) is 5.15 Å². The van der Waals surface area contributed by atoms with Crippen molar-refractivity contribution in [1.29, 1.82) is 0 Å². The predicted molar refractivity (Wildman–Crippen MR) is 71.4 cm³/mol. The van der Waals surface area contributed by atoms with Crippen molar-refractivity contribution in [3.63, 3.8) is 0 Å². The van der Waals surface area contributed by atoms with E-state index >= 15 is 0 Å². The molecule has 2 heterocycles. The Morgan fingerprint density at radius 3 is 3.00 bits per heavy atom. The Kier molecular flexibility index (Phi) is 3.69. The van der Waals surface area contributed by atoms with E-state index in [9.17, 15) is 0 Å². The molecule has 2 rings (SSSR count). The van der Waals surface area contributed by atoms with Crippen molar-refractivity contribution in [2.75, 3.05) is 5.32 Å². The van der Waals surface area contributed by atoms with Gasteiger partial charge in [0.05, 0.1) is 18.4 Å². The van der Waals surface area contributed by atoms with E-state index in [-0.39, 0.29) is 0 Å². The van der Waals surface area contributed by atoms with E-state index in [4.69, 9.17) is 11.6 Å². The van der Waals surface area contributed by atoms with Gasteiger partial charge in [-0.25, -0.2) is 4.98 Å². The highest BCUT2D eigenvalue weighted by Gasteiger charge is 2.01. The van der Waals surface area contributed by atoms with Crippen LogP contribution < -0.4 is 5.32 Å². The second kappa shape index (κ2) is 5.23. The molecule has 0 aliphatic rings. The number of anilines is 1. The molecule has 17 heavy (non-hydrogen) atoms. The average Bonchev–Trinajstić information content (AvgIpc) is 2.78. The first-order chi connectivity index (χ1) is 8.20. The molecule has 0 aliphatic carbocycles. The number of rotatable bonds is 4. The van der Waals surface area contributed by atoms with Crippen molar-refractivity contribution in [2.45, 2.75) is 26.9 Å². The van der Waals surface area contributed by atoms with Crippen LogP contribution in [0.25, 0.3) is 0 Å². The minimum Gasteiger partial charge on any atom is -0.378 e. The Balaban J connectivity index is 2.05. The molecule has 4 heteroatoms. The van der Waals surface area contributed by atoms with Crippen LogP contribution in [-0.4, -0.2) is 9.55 Å². The zero-order valence-corrected chi connectivity index (χ0v) is 10.8. The van der Waals surface area contributed by atoms with Crippen molar-refractivity contribution in [1.82, 2.24) is 9.55 Å². The smallest absolute Gasteiger partial charge is 0.132 e. The van der Waals surface area contributed by atoms with Crippen LogP contribution in [0.1, 0.15) is 18.2 Å². The van der Waals surface area contributed by atoms with Gasteiger partial charge in [-0.1, -0.05) is 11.6 Å². The molecule has 0 atom stereocenters. The van der Waals surface area contributed by atoms with Gasteiger partial charge in [-0.05, 0) is 37.6 Å². The fourth-order valence-corrected chi connectivity index (χ4v) is 1.87. The number of pyridine rings is 1. The van der Waals surface area contributed by atoms with E-state index in [1.165, 1.54) is 5.69 Å². The summed E-state index contributed by atoms with van der Waals surface area (Å²) in [6, 6.07) is 6.19. The van der Waals surface area contributed by atoms with Gasteiger partial charge in [0.25, 0.3) is 0 Å². The quantitative estimate of drug-likeness (QED) is 0.841. The molecule has 0 amide bonds. The van der Waals surface area contributed by atoms with Crippen LogP contribution in [0.15, 0.2) is 30.6 Å². The third-order valence-electron chi connectivity index (χ3n) is 2.75. The Labute approximate surface area is 106 Å². The SMILES string of the molecule is CCn1cccc1CNc1cnc(Cl)c(C)c1. The van der Waals surface area contributed by atoms with E-state index in [1.807, 2.05) is 13.0 Å². The highest BCUT2D eigenvalue weighted by atomic mass is 35.5. The topological polar surface area (TPSA) is 29.9 Å². The normalized spacial score (nSPS) is 10.5. The lowest BCUT2D eigenvalue weighted by Gasteiger charge is -2.09. The maximum Gasteiger partial charge on any atom is 0.132 e. The zero-order chi connectivity index (χ0) is 12.3. The molecule has 0 saturated carbocycles. The summed E-state index contributed by atoms with van der Waals surface area (Å²) in [5.41, 5.74) is 3.25. The fourth-order valence-electron chi connectivity index (χ4n) is 1.77.